The Balaban J connectivity index is 1.31. The van der Waals surface area contributed by atoms with E-state index in [9.17, 15) is 4.79 Å². The zero-order valence-electron chi connectivity index (χ0n) is 22.8. The van der Waals surface area contributed by atoms with Gasteiger partial charge in [0.25, 0.3) is 0 Å². The number of unbranched alkanes of at least 4 members (excludes halogenated alkanes) is 2. The number of carbonyl (C=O) groups excluding carboxylic acids is 1. The van der Waals surface area contributed by atoms with Gasteiger partial charge in [0.1, 0.15) is 0 Å². The average Bonchev–Trinajstić information content (AvgIpc) is 3.37. The van der Waals surface area contributed by atoms with Crippen LogP contribution < -0.4 is 16.0 Å². The van der Waals surface area contributed by atoms with E-state index >= 15 is 0 Å². The summed E-state index contributed by atoms with van der Waals surface area (Å²) < 4.78 is 18.4. The van der Waals surface area contributed by atoms with E-state index in [1.165, 1.54) is 0 Å². The normalized spacial score (nSPS) is 17.7. The summed E-state index contributed by atoms with van der Waals surface area (Å²) in [5.74, 6) is 1.00. The molecular formula is C26H48N6O4. The Morgan fingerprint density at radius 1 is 1.06 bits per heavy atom. The second-order valence-corrected chi connectivity index (χ2v) is 10.7. The van der Waals surface area contributed by atoms with E-state index in [0.29, 0.717) is 71.2 Å². The molecule has 1 amide bonds. The van der Waals surface area contributed by atoms with Crippen LogP contribution in [0.4, 0.5) is 0 Å². The van der Waals surface area contributed by atoms with Gasteiger partial charge in [-0.1, -0.05) is 45.4 Å². The van der Waals surface area contributed by atoms with Crippen molar-refractivity contribution in [3.63, 3.8) is 0 Å². The maximum atomic E-state index is 11.9. The Hall–Kier alpha value is -2.17. The number of hydrogen-bond donors (Lipinski definition) is 3. The fourth-order valence-corrected chi connectivity index (χ4v) is 4.04. The van der Waals surface area contributed by atoms with Gasteiger partial charge >= 0.3 is 0 Å². The number of aromatic nitrogens is 3. The first-order valence-electron chi connectivity index (χ1n) is 13.3. The van der Waals surface area contributed by atoms with Gasteiger partial charge in [-0.2, -0.15) is 0 Å². The fraction of sp³-hybridized carbons (Fsp3) is 0.808. The number of hydrogen-bond acceptors (Lipinski definition) is 8. The molecule has 1 aliphatic rings. The molecule has 0 bridgehead atoms. The molecule has 10 heteroatoms. The summed E-state index contributed by atoms with van der Waals surface area (Å²) in [5.41, 5.74) is 1.21. The molecule has 0 aromatic carbocycles. The van der Waals surface area contributed by atoms with Crippen LogP contribution in [-0.4, -0.2) is 79.2 Å². The Kier molecular flexibility index (Phi) is 13.8. The van der Waals surface area contributed by atoms with E-state index < -0.39 is 0 Å². The van der Waals surface area contributed by atoms with Crippen LogP contribution >= 0.6 is 0 Å². The van der Waals surface area contributed by atoms with Crippen molar-refractivity contribution in [3.8, 4) is 0 Å². The average molecular weight is 509 g/mol. The molecule has 0 unspecified atom stereocenters. The van der Waals surface area contributed by atoms with E-state index in [1.54, 1.807) is 0 Å². The smallest absolute Gasteiger partial charge is 0.220 e. The van der Waals surface area contributed by atoms with Crippen molar-refractivity contribution in [3.05, 3.63) is 24.3 Å². The van der Waals surface area contributed by atoms with Crippen molar-refractivity contribution < 1.29 is 19.0 Å². The zero-order valence-corrected chi connectivity index (χ0v) is 22.8. The lowest BCUT2D eigenvalue weighted by Crippen LogP contribution is -2.30. The summed E-state index contributed by atoms with van der Waals surface area (Å²) in [5, 5.41) is 17.9. The highest BCUT2D eigenvalue weighted by Crippen LogP contribution is 2.18. The van der Waals surface area contributed by atoms with Crippen molar-refractivity contribution in [2.24, 2.45) is 5.41 Å². The van der Waals surface area contributed by atoms with E-state index in [0.717, 1.165) is 43.6 Å². The van der Waals surface area contributed by atoms with Crippen molar-refractivity contribution >= 4 is 5.91 Å². The molecule has 1 aliphatic heterocycles. The number of nitrogens with zero attached hydrogens (tertiary/aromatic N) is 3. The van der Waals surface area contributed by atoms with Crippen LogP contribution in [0.25, 0.3) is 0 Å². The Morgan fingerprint density at radius 2 is 1.75 bits per heavy atom. The van der Waals surface area contributed by atoms with Gasteiger partial charge < -0.3 is 30.2 Å². The van der Waals surface area contributed by atoms with E-state index in [4.69, 9.17) is 14.2 Å². The molecule has 1 aromatic rings. The Morgan fingerprint density at radius 3 is 2.42 bits per heavy atom. The first kappa shape index (κ1) is 30.1. The topological polar surface area (TPSA) is 112 Å². The van der Waals surface area contributed by atoms with Gasteiger partial charge in [-0.15, -0.1) is 5.10 Å². The van der Waals surface area contributed by atoms with Gasteiger partial charge in [0.05, 0.1) is 57.7 Å². The molecule has 36 heavy (non-hydrogen) atoms. The molecule has 1 aromatic heterocycles. The van der Waals surface area contributed by atoms with Crippen molar-refractivity contribution in [2.45, 2.75) is 84.8 Å². The molecule has 2 rings (SSSR count). The predicted octanol–water partition coefficient (Wildman–Crippen LogP) is 2.40. The summed E-state index contributed by atoms with van der Waals surface area (Å²) in [6, 6.07) is 0.862. The summed E-state index contributed by atoms with van der Waals surface area (Å²) in [6.07, 6.45) is 7.63. The first-order chi connectivity index (χ1) is 17.2. The molecule has 1 saturated heterocycles. The van der Waals surface area contributed by atoms with Crippen LogP contribution in [0.1, 0.15) is 65.5 Å². The van der Waals surface area contributed by atoms with Crippen molar-refractivity contribution in [1.29, 1.82) is 0 Å². The minimum absolute atomic E-state index is 0.0886. The SMILES string of the molecule is C=C1N[C@@H](C)[C@@H](CCCCCC(=O)NCCOCCOCCOCCn2cc(CC(C)(C)C)nn2)N1. The number of carbonyl (C=O) groups is 1. The summed E-state index contributed by atoms with van der Waals surface area (Å²) >= 11 is 0. The van der Waals surface area contributed by atoms with Gasteiger partial charge in [-0.25, -0.2) is 4.68 Å². The molecule has 3 N–H and O–H groups in total. The van der Waals surface area contributed by atoms with E-state index in [2.05, 4.69) is 60.5 Å². The van der Waals surface area contributed by atoms with Crippen molar-refractivity contribution in [1.82, 2.24) is 30.9 Å². The van der Waals surface area contributed by atoms with Crippen LogP contribution in [0, 0.1) is 5.41 Å². The van der Waals surface area contributed by atoms with Gasteiger partial charge in [0.2, 0.25) is 5.91 Å². The van der Waals surface area contributed by atoms with Crippen LogP contribution in [-0.2, 0) is 32.0 Å². The molecular weight excluding hydrogens is 460 g/mol. The standard InChI is InChI=1S/C26H48N6O4/c1-21-24(29-22(2)28-21)9-7-6-8-10-25(33)27-11-13-34-15-17-36-18-16-35-14-12-32-20-23(30-31-32)19-26(3,4)5/h20-21,24,28-29H,2,6-19H2,1,3-5H3,(H,27,33)/t21-,24+/m0/s1. The molecule has 2 heterocycles. The van der Waals surface area contributed by atoms with Crippen molar-refractivity contribution in [2.75, 3.05) is 46.2 Å². The maximum absolute atomic E-state index is 11.9. The summed E-state index contributed by atoms with van der Waals surface area (Å²) in [6.45, 7) is 17.0. The number of rotatable bonds is 19. The summed E-state index contributed by atoms with van der Waals surface area (Å²) in [7, 11) is 0. The largest absolute Gasteiger partial charge is 0.377 e. The van der Waals surface area contributed by atoms with Crippen LogP contribution in [0.5, 0.6) is 0 Å². The molecule has 206 valence electrons. The highest BCUT2D eigenvalue weighted by Gasteiger charge is 2.23. The van der Waals surface area contributed by atoms with E-state index in [-0.39, 0.29) is 11.3 Å². The van der Waals surface area contributed by atoms with Crippen LogP contribution in [0.2, 0.25) is 0 Å². The van der Waals surface area contributed by atoms with Gasteiger partial charge in [-0.3, -0.25) is 4.79 Å². The first-order valence-corrected chi connectivity index (χ1v) is 13.3. The molecule has 10 nitrogen and oxygen atoms in total. The zero-order chi connectivity index (χ0) is 26.2. The third-order valence-electron chi connectivity index (χ3n) is 5.86. The fourth-order valence-electron chi connectivity index (χ4n) is 4.04. The van der Waals surface area contributed by atoms with Gasteiger partial charge in [-0.05, 0) is 31.6 Å². The predicted molar refractivity (Wildman–Crippen MR) is 140 cm³/mol. The van der Waals surface area contributed by atoms with Crippen LogP contribution in [0.15, 0.2) is 18.6 Å². The van der Waals surface area contributed by atoms with Gasteiger partial charge in [0, 0.05) is 31.2 Å². The van der Waals surface area contributed by atoms with E-state index in [1.807, 2.05) is 10.9 Å². The highest BCUT2D eigenvalue weighted by molar-refractivity contribution is 5.75. The second-order valence-electron chi connectivity index (χ2n) is 10.7. The Bertz CT molecular complexity index is 764. The molecule has 1 fully saturated rings. The Labute approximate surface area is 216 Å². The quantitative estimate of drug-likeness (QED) is 0.244. The third kappa shape index (κ3) is 13.8. The highest BCUT2D eigenvalue weighted by atomic mass is 16.5. The number of amides is 1. The van der Waals surface area contributed by atoms with Crippen LogP contribution in [0.3, 0.4) is 0 Å². The molecule has 0 aliphatic carbocycles. The lowest BCUT2D eigenvalue weighted by molar-refractivity contribution is -0.121. The third-order valence-corrected chi connectivity index (χ3v) is 5.86. The minimum atomic E-state index is 0.0886. The second kappa shape index (κ2) is 16.6. The molecule has 0 radical (unpaired) electrons. The monoisotopic (exact) mass is 508 g/mol. The number of ether oxygens (including phenoxy) is 3. The molecule has 0 saturated carbocycles. The molecule has 0 spiro atoms. The van der Waals surface area contributed by atoms with Gasteiger partial charge in [0.15, 0.2) is 0 Å². The lowest BCUT2D eigenvalue weighted by atomic mass is 9.91. The summed E-state index contributed by atoms with van der Waals surface area (Å²) in [4.78, 5) is 11.9. The lowest BCUT2D eigenvalue weighted by Gasteiger charge is -2.15. The number of nitrogens with one attached hydrogen (secondary N) is 3. The maximum Gasteiger partial charge on any atom is 0.220 e. The molecule has 2 atom stereocenters. The minimum Gasteiger partial charge on any atom is -0.377 e.